The van der Waals surface area contributed by atoms with Crippen molar-refractivity contribution >= 4 is 5.97 Å². The summed E-state index contributed by atoms with van der Waals surface area (Å²) < 4.78 is 5.31. The zero-order chi connectivity index (χ0) is 16.0. The van der Waals surface area contributed by atoms with Crippen LogP contribution in [0.3, 0.4) is 0 Å². The summed E-state index contributed by atoms with van der Waals surface area (Å²) in [6.45, 7) is 9.91. The predicted molar refractivity (Wildman–Crippen MR) is 87.2 cm³/mol. The van der Waals surface area contributed by atoms with Crippen molar-refractivity contribution in [3.05, 3.63) is 82.2 Å². The average molecular weight is 303 g/mol. The van der Waals surface area contributed by atoms with Gasteiger partial charge in [-0.3, -0.25) is 4.85 Å². The van der Waals surface area contributed by atoms with Crippen molar-refractivity contribution in [3.63, 3.8) is 0 Å². The van der Waals surface area contributed by atoms with Crippen molar-refractivity contribution in [2.24, 2.45) is 0 Å². The standard InChI is InChI=1S/C20H17NO2/c1-3-23-19(22)20(21-2)12-17-13-8-4-6-10-15(13)18(20)16-11-7-5-9-14(16)17/h4-11,17-18H,3,12H2,1H3. The smallest absolute Gasteiger partial charge is 0.394 e. The first-order valence-corrected chi connectivity index (χ1v) is 7.96. The lowest BCUT2D eigenvalue weighted by Crippen LogP contribution is -2.50. The largest absolute Gasteiger partial charge is 0.460 e. The van der Waals surface area contributed by atoms with E-state index in [-0.39, 0.29) is 17.8 Å². The summed E-state index contributed by atoms with van der Waals surface area (Å²) in [7, 11) is 0. The van der Waals surface area contributed by atoms with Gasteiger partial charge in [-0.15, -0.1) is 0 Å². The minimum atomic E-state index is -1.14. The molecule has 0 saturated heterocycles. The first-order chi connectivity index (χ1) is 11.2. The molecular formula is C20H17NO2. The molecule has 2 aromatic rings. The van der Waals surface area contributed by atoms with Crippen LogP contribution in [0.5, 0.6) is 0 Å². The highest BCUT2D eigenvalue weighted by atomic mass is 16.5. The van der Waals surface area contributed by atoms with Gasteiger partial charge in [0, 0.05) is 12.3 Å². The number of nitrogens with zero attached hydrogens (tertiary/aromatic N) is 1. The molecule has 3 aliphatic carbocycles. The summed E-state index contributed by atoms with van der Waals surface area (Å²) >= 11 is 0. The maximum absolute atomic E-state index is 12.7. The second-order valence-electron chi connectivity index (χ2n) is 6.20. The molecule has 0 heterocycles. The second kappa shape index (κ2) is 4.96. The molecule has 3 heteroatoms. The number of esters is 1. The van der Waals surface area contributed by atoms with Crippen molar-refractivity contribution in [1.29, 1.82) is 0 Å². The molecule has 5 rings (SSSR count). The first kappa shape index (κ1) is 14.0. The molecule has 0 spiro atoms. The van der Waals surface area contributed by atoms with Crippen LogP contribution in [0.15, 0.2) is 48.5 Å². The Hall–Kier alpha value is -2.60. The summed E-state index contributed by atoms with van der Waals surface area (Å²) in [5.74, 6) is -0.531. The third-order valence-corrected chi connectivity index (χ3v) is 5.19. The molecule has 1 atom stereocenters. The number of benzene rings is 2. The molecule has 0 aromatic heterocycles. The first-order valence-electron chi connectivity index (χ1n) is 7.96. The molecule has 3 nitrogen and oxygen atoms in total. The van der Waals surface area contributed by atoms with Gasteiger partial charge in [-0.25, -0.2) is 11.4 Å². The highest BCUT2D eigenvalue weighted by Gasteiger charge is 2.63. The number of rotatable bonds is 2. The van der Waals surface area contributed by atoms with Crippen LogP contribution in [0.25, 0.3) is 4.85 Å². The Kier molecular flexibility index (Phi) is 3.02. The number of hydrogen-bond acceptors (Lipinski definition) is 2. The second-order valence-corrected chi connectivity index (χ2v) is 6.20. The van der Waals surface area contributed by atoms with Gasteiger partial charge in [0.15, 0.2) is 0 Å². The summed E-state index contributed by atoms with van der Waals surface area (Å²) in [6.07, 6.45) is 0.508. The highest BCUT2D eigenvalue weighted by Crippen LogP contribution is 2.58. The van der Waals surface area contributed by atoms with Gasteiger partial charge in [0.05, 0.1) is 12.5 Å². The van der Waals surface area contributed by atoms with E-state index in [9.17, 15) is 4.79 Å². The summed E-state index contributed by atoms with van der Waals surface area (Å²) in [4.78, 5) is 16.6. The maximum atomic E-state index is 12.7. The van der Waals surface area contributed by atoms with Crippen LogP contribution in [0.1, 0.15) is 47.4 Å². The summed E-state index contributed by atoms with van der Waals surface area (Å²) in [6, 6.07) is 16.4. The molecule has 0 fully saturated rings. The fraction of sp³-hybridized carbons (Fsp3) is 0.300. The van der Waals surface area contributed by atoms with Crippen LogP contribution < -0.4 is 0 Å². The van der Waals surface area contributed by atoms with E-state index in [0.717, 1.165) is 11.1 Å². The van der Waals surface area contributed by atoms with Gasteiger partial charge in [0.25, 0.3) is 0 Å². The van der Waals surface area contributed by atoms with E-state index in [1.807, 2.05) is 24.3 Å². The maximum Gasteiger partial charge on any atom is 0.394 e. The van der Waals surface area contributed by atoms with Gasteiger partial charge in [-0.2, -0.15) is 0 Å². The van der Waals surface area contributed by atoms with E-state index in [1.54, 1.807) is 6.92 Å². The van der Waals surface area contributed by atoms with E-state index in [1.165, 1.54) is 11.1 Å². The molecule has 0 aliphatic heterocycles. The van der Waals surface area contributed by atoms with Crippen molar-refractivity contribution in [2.45, 2.75) is 30.7 Å². The van der Waals surface area contributed by atoms with Gasteiger partial charge in [0.2, 0.25) is 0 Å². The average Bonchev–Trinajstić information content (AvgIpc) is 2.61. The Morgan fingerprint density at radius 1 is 1.13 bits per heavy atom. The van der Waals surface area contributed by atoms with Gasteiger partial charge in [0.1, 0.15) is 0 Å². The van der Waals surface area contributed by atoms with Crippen LogP contribution in [0.2, 0.25) is 0 Å². The predicted octanol–water partition coefficient (Wildman–Crippen LogP) is 3.89. The molecule has 2 bridgehead atoms. The number of ether oxygens (including phenoxy) is 1. The van der Waals surface area contributed by atoms with Gasteiger partial charge >= 0.3 is 11.5 Å². The van der Waals surface area contributed by atoms with E-state index in [2.05, 4.69) is 29.1 Å². The molecule has 0 radical (unpaired) electrons. The fourth-order valence-corrected chi connectivity index (χ4v) is 4.29. The minimum absolute atomic E-state index is 0.0888. The molecule has 114 valence electrons. The van der Waals surface area contributed by atoms with Crippen LogP contribution >= 0.6 is 0 Å². The Balaban J connectivity index is 1.99. The van der Waals surface area contributed by atoms with Gasteiger partial charge in [-0.1, -0.05) is 48.5 Å². The van der Waals surface area contributed by atoms with Crippen LogP contribution in [-0.2, 0) is 9.53 Å². The Labute approximate surface area is 135 Å². The van der Waals surface area contributed by atoms with Crippen LogP contribution in [-0.4, -0.2) is 18.1 Å². The van der Waals surface area contributed by atoms with E-state index in [0.29, 0.717) is 13.0 Å². The monoisotopic (exact) mass is 303 g/mol. The number of hydrogen-bond donors (Lipinski definition) is 0. The van der Waals surface area contributed by atoms with Crippen molar-refractivity contribution in [1.82, 2.24) is 0 Å². The summed E-state index contributed by atoms with van der Waals surface area (Å²) in [5.41, 5.74) is 3.57. The Morgan fingerprint density at radius 3 is 2.13 bits per heavy atom. The summed E-state index contributed by atoms with van der Waals surface area (Å²) in [5, 5.41) is 0. The number of carbonyl (C=O) groups is 1. The topological polar surface area (TPSA) is 30.7 Å². The Morgan fingerprint density at radius 2 is 1.65 bits per heavy atom. The zero-order valence-corrected chi connectivity index (χ0v) is 13.0. The molecule has 0 N–H and O–H groups in total. The lowest BCUT2D eigenvalue weighted by Gasteiger charge is -2.45. The molecule has 0 saturated carbocycles. The van der Waals surface area contributed by atoms with E-state index < -0.39 is 5.54 Å². The van der Waals surface area contributed by atoms with Gasteiger partial charge < -0.3 is 4.74 Å². The SMILES string of the molecule is [C-]#[N+]C1(C(=O)OCC)CC2c3ccccc3C1c1ccccc12. The van der Waals surface area contributed by atoms with Crippen LogP contribution in [0.4, 0.5) is 0 Å². The molecule has 2 aromatic carbocycles. The van der Waals surface area contributed by atoms with Crippen molar-refractivity contribution in [3.8, 4) is 0 Å². The van der Waals surface area contributed by atoms with Crippen molar-refractivity contribution in [2.75, 3.05) is 6.61 Å². The number of carbonyl (C=O) groups excluding carboxylic acids is 1. The zero-order valence-electron chi connectivity index (χ0n) is 13.0. The lowest BCUT2D eigenvalue weighted by molar-refractivity contribution is -0.149. The molecule has 0 amide bonds. The molecule has 3 aliphatic rings. The minimum Gasteiger partial charge on any atom is -0.460 e. The number of fused-ring (bicyclic) bond motifs is 1. The molecule has 1 unspecified atom stereocenters. The molecule has 23 heavy (non-hydrogen) atoms. The third-order valence-electron chi connectivity index (χ3n) is 5.19. The fourth-order valence-electron chi connectivity index (χ4n) is 4.29. The van der Waals surface area contributed by atoms with E-state index in [4.69, 9.17) is 11.3 Å². The van der Waals surface area contributed by atoms with E-state index >= 15 is 0 Å². The normalized spacial score (nSPS) is 26.8. The molecular weight excluding hydrogens is 286 g/mol. The lowest BCUT2D eigenvalue weighted by atomic mass is 9.56. The van der Waals surface area contributed by atoms with Gasteiger partial charge in [-0.05, 0) is 29.2 Å². The quantitative estimate of drug-likeness (QED) is 0.622. The van der Waals surface area contributed by atoms with Crippen LogP contribution in [0, 0.1) is 6.57 Å². The van der Waals surface area contributed by atoms with Crippen molar-refractivity contribution < 1.29 is 9.53 Å². The third kappa shape index (κ3) is 1.72. The Bertz CT molecular complexity index is 788. The highest BCUT2D eigenvalue weighted by molar-refractivity contribution is 5.88.